The molecule has 1 N–H and O–H groups in total. The van der Waals surface area contributed by atoms with Crippen LogP contribution in [0.25, 0.3) is 5.76 Å². The fourth-order valence-corrected chi connectivity index (χ4v) is 4.97. The lowest BCUT2D eigenvalue weighted by atomic mass is 9.94. The fourth-order valence-electron chi connectivity index (χ4n) is 4.97. The summed E-state index contributed by atoms with van der Waals surface area (Å²) in [7, 11) is 0. The van der Waals surface area contributed by atoms with E-state index in [1.165, 1.54) is 0 Å². The zero-order valence-electron chi connectivity index (χ0n) is 20.4. The Kier molecular flexibility index (Phi) is 6.50. The van der Waals surface area contributed by atoms with E-state index in [1.807, 2.05) is 54.9 Å². The Morgan fingerprint density at radius 1 is 1.19 bits per heavy atom. The standard InChI is InChI=1S/C28H29N3O5/c1-3-35-22-7-4-6-19(16-22)25-24(26(32)20-8-9-23-21(15-20)14-18(2)36-23)27(33)28(34)31(25)12-5-11-30-13-10-29-17-30/h4,6-10,13,15-18,25,32H,3,5,11-12,14H2,1-2H3/b26-24-. The molecular formula is C28H29N3O5. The molecule has 1 saturated heterocycles. The predicted octanol–water partition coefficient (Wildman–Crippen LogP) is 4.12. The number of carbonyl (C=O) groups is 2. The third kappa shape index (κ3) is 4.46. The number of Topliss-reactive ketones (excluding diaryl/α,β-unsaturated/α-hetero) is 1. The van der Waals surface area contributed by atoms with Gasteiger partial charge in [-0.3, -0.25) is 9.59 Å². The molecule has 2 aliphatic rings. The van der Waals surface area contributed by atoms with Crippen LogP contribution in [0.1, 0.15) is 43.0 Å². The molecule has 8 nitrogen and oxygen atoms in total. The molecule has 0 aliphatic carbocycles. The van der Waals surface area contributed by atoms with Gasteiger partial charge in [-0.15, -0.1) is 0 Å². The van der Waals surface area contributed by atoms with Gasteiger partial charge in [0.05, 0.1) is 24.5 Å². The maximum absolute atomic E-state index is 13.3. The number of ether oxygens (including phenoxy) is 2. The number of hydrogen-bond acceptors (Lipinski definition) is 6. The van der Waals surface area contributed by atoms with E-state index < -0.39 is 17.7 Å². The van der Waals surface area contributed by atoms with Crippen molar-refractivity contribution in [2.75, 3.05) is 13.2 Å². The molecule has 186 valence electrons. The Balaban J connectivity index is 1.54. The highest BCUT2D eigenvalue weighted by Gasteiger charge is 2.46. The van der Waals surface area contributed by atoms with Crippen LogP contribution in [-0.2, 0) is 22.6 Å². The molecule has 2 aliphatic heterocycles. The lowest BCUT2D eigenvalue weighted by Crippen LogP contribution is -2.31. The molecule has 1 fully saturated rings. The van der Waals surface area contributed by atoms with Gasteiger partial charge in [0.25, 0.3) is 11.7 Å². The first-order valence-corrected chi connectivity index (χ1v) is 12.2. The Labute approximate surface area is 209 Å². The van der Waals surface area contributed by atoms with Crippen molar-refractivity contribution in [2.24, 2.45) is 0 Å². The van der Waals surface area contributed by atoms with Crippen molar-refractivity contribution in [1.29, 1.82) is 0 Å². The van der Waals surface area contributed by atoms with E-state index in [2.05, 4.69) is 4.98 Å². The molecule has 1 amide bonds. The maximum Gasteiger partial charge on any atom is 0.295 e. The predicted molar refractivity (Wildman–Crippen MR) is 134 cm³/mol. The molecule has 0 bridgehead atoms. The van der Waals surface area contributed by atoms with E-state index >= 15 is 0 Å². The Morgan fingerprint density at radius 2 is 2.06 bits per heavy atom. The molecule has 2 aromatic carbocycles. The lowest BCUT2D eigenvalue weighted by molar-refractivity contribution is -0.139. The van der Waals surface area contributed by atoms with Crippen molar-refractivity contribution in [3.05, 3.63) is 83.4 Å². The third-order valence-electron chi connectivity index (χ3n) is 6.57. The average Bonchev–Trinajstić information content (AvgIpc) is 3.58. The van der Waals surface area contributed by atoms with Gasteiger partial charge in [0.15, 0.2) is 0 Å². The first-order chi connectivity index (χ1) is 17.5. The molecule has 2 atom stereocenters. The first kappa shape index (κ1) is 23.7. The maximum atomic E-state index is 13.3. The van der Waals surface area contributed by atoms with Crippen LogP contribution < -0.4 is 9.47 Å². The normalized spacial score (nSPS) is 20.4. The van der Waals surface area contributed by atoms with Crippen molar-refractivity contribution < 1.29 is 24.2 Å². The summed E-state index contributed by atoms with van der Waals surface area (Å²) in [5.74, 6) is -0.0681. The van der Waals surface area contributed by atoms with Crippen LogP contribution >= 0.6 is 0 Å². The Bertz CT molecular complexity index is 1310. The number of aryl methyl sites for hydroxylation is 1. The minimum Gasteiger partial charge on any atom is -0.507 e. The smallest absolute Gasteiger partial charge is 0.295 e. The second-order valence-electron chi connectivity index (χ2n) is 9.11. The number of benzene rings is 2. The first-order valence-electron chi connectivity index (χ1n) is 12.2. The molecule has 1 aromatic heterocycles. The van der Waals surface area contributed by atoms with Crippen LogP contribution in [0.15, 0.2) is 66.8 Å². The number of carbonyl (C=O) groups excluding carboxylic acids is 2. The molecule has 0 saturated carbocycles. The summed E-state index contributed by atoms with van der Waals surface area (Å²) in [6.45, 7) is 5.37. The SMILES string of the molecule is CCOc1cccc(C2/C(=C(/O)c3ccc4c(c3)CC(C)O4)C(=O)C(=O)N2CCCn2ccnc2)c1. The number of ketones is 1. The van der Waals surface area contributed by atoms with E-state index in [0.717, 1.165) is 17.7 Å². The molecule has 36 heavy (non-hydrogen) atoms. The minimum absolute atomic E-state index is 0.0554. The van der Waals surface area contributed by atoms with E-state index in [9.17, 15) is 14.7 Å². The van der Waals surface area contributed by atoms with Crippen molar-refractivity contribution in [2.45, 2.75) is 45.4 Å². The number of aliphatic hydroxyl groups is 1. The van der Waals surface area contributed by atoms with Crippen LogP contribution in [0.4, 0.5) is 0 Å². The van der Waals surface area contributed by atoms with Gasteiger partial charge in [0, 0.05) is 37.5 Å². The number of aromatic nitrogens is 2. The summed E-state index contributed by atoms with van der Waals surface area (Å²) in [6, 6.07) is 12.0. The van der Waals surface area contributed by atoms with Gasteiger partial charge < -0.3 is 24.0 Å². The second kappa shape index (κ2) is 9.89. The number of amides is 1. The van der Waals surface area contributed by atoms with Gasteiger partial charge in [-0.1, -0.05) is 12.1 Å². The molecule has 3 heterocycles. The summed E-state index contributed by atoms with van der Waals surface area (Å²) in [5.41, 5.74) is 2.26. The van der Waals surface area contributed by atoms with Crippen LogP contribution in [0.3, 0.4) is 0 Å². The number of fused-ring (bicyclic) bond motifs is 1. The highest BCUT2D eigenvalue weighted by molar-refractivity contribution is 6.46. The largest absolute Gasteiger partial charge is 0.507 e. The molecule has 0 spiro atoms. The lowest BCUT2D eigenvalue weighted by Gasteiger charge is -2.26. The number of nitrogens with zero attached hydrogens (tertiary/aromatic N) is 3. The van der Waals surface area contributed by atoms with E-state index in [4.69, 9.17) is 9.47 Å². The molecule has 0 radical (unpaired) electrons. The fraction of sp³-hybridized carbons (Fsp3) is 0.321. The summed E-state index contributed by atoms with van der Waals surface area (Å²) >= 11 is 0. The van der Waals surface area contributed by atoms with Crippen molar-refractivity contribution in [3.63, 3.8) is 0 Å². The zero-order valence-corrected chi connectivity index (χ0v) is 20.4. The quantitative estimate of drug-likeness (QED) is 0.292. The van der Waals surface area contributed by atoms with Gasteiger partial charge in [-0.2, -0.15) is 0 Å². The van der Waals surface area contributed by atoms with Crippen LogP contribution in [-0.4, -0.2) is 50.5 Å². The van der Waals surface area contributed by atoms with Gasteiger partial charge in [0.1, 0.15) is 23.4 Å². The van der Waals surface area contributed by atoms with Crippen LogP contribution in [0, 0.1) is 0 Å². The second-order valence-corrected chi connectivity index (χ2v) is 9.11. The number of aliphatic hydroxyl groups excluding tert-OH is 1. The van der Waals surface area contributed by atoms with Crippen molar-refractivity contribution in [3.8, 4) is 11.5 Å². The monoisotopic (exact) mass is 487 g/mol. The highest BCUT2D eigenvalue weighted by atomic mass is 16.5. The summed E-state index contributed by atoms with van der Waals surface area (Å²) in [6.07, 6.45) is 6.68. The summed E-state index contributed by atoms with van der Waals surface area (Å²) < 4.78 is 13.4. The third-order valence-corrected chi connectivity index (χ3v) is 6.57. The Hall–Kier alpha value is -4.07. The highest BCUT2D eigenvalue weighted by Crippen LogP contribution is 2.41. The molecule has 2 unspecified atom stereocenters. The van der Waals surface area contributed by atoms with Gasteiger partial charge in [-0.25, -0.2) is 4.98 Å². The molecule has 8 heteroatoms. The Morgan fingerprint density at radius 3 is 2.83 bits per heavy atom. The van der Waals surface area contributed by atoms with Gasteiger partial charge in [-0.05, 0) is 61.7 Å². The molecule has 5 rings (SSSR count). The molecule has 3 aromatic rings. The average molecular weight is 488 g/mol. The summed E-state index contributed by atoms with van der Waals surface area (Å²) in [5, 5.41) is 11.4. The summed E-state index contributed by atoms with van der Waals surface area (Å²) in [4.78, 5) is 32.2. The van der Waals surface area contributed by atoms with Gasteiger partial charge >= 0.3 is 0 Å². The van der Waals surface area contributed by atoms with Crippen LogP contribution in [0.2, 0.25) is 0 Å². The number of likely N-dealkylation sites (tertiary alicyclic amines) is 1. The number of rotatable bonds is 8. The van der Waals surface area contributed by atoms with E-state index in [0.29, 0.717) is 43.0 Å². The van der Waals surface area contributed by atoms with Crippen LogP contribution in [0.5, 0.6) is 11.5 Å². The number of hydrogen-bond donors (Lipinski definition) is 1. The van der Waals surface area contributed by atoms with E-state index in [-0.39, 0.29) is 17.4 Å². The minimum atomic E-state index is -0.725. The van der Waals surface area contributed by atoms with Crippen molar-refractivity contribution in [1.82, 2.24) is 14.5 Å². The number of imidazole rings is 1. The zero-order chi connectivity index (χ0) is 25.2. The molecular weight excluding hydrogens is 458 g/mol. The van der Waals surface area contributed by atoms with Crippen molar-refractivity contribution >= 4 is 17.4 Å². The van der Waals surface area contributed by atoms with E-state index in [1.54, 1.807) is 29.6 Å². The topological polar surface area (TPSA) is 93.9 Å². The van der Waals surface area contributed by atoms with Gasteiger partial charge in [0.2, 0.25) is 0 Å².